The van der Waals surface area contributed by atoms with Gasteiger partial charge in [-0.15, -0.1) is 0 Å². The van der Waals surface area contributed by atoms with Crippen LogP contribution in [0.25, 0.3) is 0 Å². The van der Waals surface area contributed by atoms with E-state index in [1.54, 1.807) is 0 Å². The average molecular weight is 368 g/mol. The number of piperazine rings is 1. The van der Waals surface area contributed by atoms with Gasteiger partial charge in [0.15, 0.2) is 0 Å². The third-order valence-electron chi connectivity index (χ3n) is 3.87. The van der Waals surface area contributed by atoms with Crippen molar-refractivity contribution in [2.45, 2.75) is 20.3 Å². The summed E-state index contributed by atoms with van der Waals surface area (Å²) < 4.78 is 1.02. The van der Waals surface area contributed by atoms with E-state index in [2.05, 4.69) is 44.9 Å². The van der Waals surface area contributed by atoms with Crippen LogP contribution in [0, 0.1) is 5.92 Å². The van der Waals surface area contributed by atoms with Crippen LogP contribution in [0.1, 0.15) is 20.3 Å². The molecule has 0 radical (unpaired) electrons. The summed E-state index contributed by atoms with van der Waals surface area (Å²) in [5.74, 6) is 0.815. The van der Waals surface area contributed by atoms with Gasteiger partial charge in [-0.1, -0.05) is 29.8 Å². The Kier molecular flexibility index (Phi) is 6.86. The van der Waals surface area contributed by atoms with E-state index in [-0.39, 0.29) is 5.91 Å². The Morgan fingerprint density at radius 2 is 1.73 bits per heavy atom. The second kappa shape index (κ2) is 8.65. The zero-order valence-corrected chi connectivity index (χ0v) is 15.1. The molecule has 0 saturated carbocycles. The molecule has 0 unspecified atom stereocenters. The molecule has 1 heterocycles. The van der Waals surface area contributed by atoms with Crippen molar-refractivity contribution in [1.29, 1.82) is 0 Å². The monoisotopic (exact) mass is 367 g/mol. The number of amides is 1. The molecule has 0 bridgehead atoms. The molecule has 1 aliphatic rings. The molecule has 1 saturated heterocycles. The minimum Gasteiger partial charge on any atom is -0.326 e. The molecular formula is C17H26BrN3O. The highest BCUT2D eigenvalue weighted by Crippen LogP contribution is 2.14. The van der Waals surface area contributed by atoms with Gasteiger partial charge in [-0.3, -0.25) is 4.79 Å². The van der Waals surface area contributed by atoms with Crippen molar-refractivity contribution in [2.24, 2.45) is 5.92 Å². The lowest BCUT2D eigenvalue weighted by Crippen LogP contribution is -2.47. The fourth-order valence-electron chi connectivity index (χ4n) is 2.73. The van der Waals surface area contributed by atoms with Gasteiger partial charge in [0.25, 0.3) is 0 Å². The highest BCUT2D eigenvalue weighted by Gasteiger charge is 2.17. The Bertz CT molecular complexity index is 467. The Morgan fingerprint density at radius 3 is 2.32 bits per heavy atom. The number of anilines is 1. The van der Waals surface area contributed by atoms with E-state index in [1.807, 2.05) is 24.3 Å². The third-order valence-corrected chi connectivity index (χ3v) is 4.40. The number of carbonyl (C=O) groups is 1. The van der Waals surface area contributed by atoms with E-state index in [0.717, 1.165) is 48.8 Å². The standard InChI is InChI=1S/C17H26BrN3O/c1-14(2)13-21-11-9-20(10-12-21)8-7-17(22)19-16-5-3-15(18)4-6-16/h3-6,14H,7-13H2,1-2H3,(H,19,22). The van der Waals surface area contributed by atoms with Gasteiger partial charge >= 0.3 is 0 Å². The number of benzene rings is 1. The molecule has 1 amide bonds. The number of nitrogens with zero attached hydrogens (tertiary/aromatic N) is 2. The Morgan fingerprint density at radius 1 is 1.14 bits per heavy atom. The largest absolute Gasteiger partial charge is 0.326 e. The maximum absolute atomic E-state index is 12.0. The molecule has 0 aliphatic carbocycles. The minimum atomic E-state index is 0.0898. The number of carbonyl (C=O) groups excluding carboxylic acids is 1. The summed E-state index contributed by atoms with van der Waals surface area (Å²) in [4.78, 5) is 16.9. The number of hydrogen-bond acceptors (Lipinski definition) is 3. The fourth-order valence-corrected chi connectivity index (χ4v) is 2.99. The maximum atomic E-state index is 12.0. The summed E-state index contributed by atoms with van der Waals surface area (Å²) in [6, 6.07) is 7.69. The lowest BCUT2D eigenvalue weighted by molar-refractivity contribution is -0.116. The summed E-state index contributed by atoms with van der Waals surface area (Å²) >= 11 is 3.39. The van der Waals surface area contributed by atoms with Crippen molar-refractivity contribution >= 4 is 27.5 Å². The quantitative estimate of drug-likeness (QED) is 0.839. The first kappa shape index (κ1) is 17.4. The number of hydrogen-bond donors (Lipinski definition) is 1. The third kappa shape index (κ3) is 6.07. The van der Waals surface area contributed by atoms with Crippen LogP contribution in [0.3, 0.4) is 0 Å². The lowest BCUT2D eigenvalue weighted by Gasteiger charge is -2.35. The van der Waals surface area contributed by atoms with Gasteiger partial charge in [-0.25, -0.2) is 0 Å². The predicted molar refractivity (Wildman–Crippen MR) is 95.1 cm³/mol. The van der Waals surface area contributed by atoms with Crippen LogP contribution in [-0.2, 0) is 4.79 Å². The molecular weight excluding hydrogens is 342 g/mol. The molecule has 0 aromatic heterocycles. The molecule has 1 aromatic carbocycles. The zero-order valence-electron chi connectivity index (χ0n) is 13.5. The van der Waals surface area contributed by atoms with E-state index in [9.17, 15) is 4.79 Å². The molecule has 5 heteroatoms. The predicted octanol–water partition coefficient (Wildman–Crippen LogP) is 3.05. The molecule has 1 aromatic rings. The van der Waals surface area contributed by atoms with Crippen molar-refractivity contribution in [3.63, 3.8) is 0 Å². The minimum absolute atomic E-state index is 0.0898. The lowest BCUT2D eigenvalue weighted by atomic mass is 10.2. The van der Waals surface area contributed by atoms with E-state index in [0.29, 0.717) is 6.42 Å². The summed E-state index contributed by atoms with van der Waals surface area (Å²) in [6.07, 6.45) is 0.556. The molecule has 1 aliphatic heterocycles. The first-order chi connectivity index (χ1) is 10.5. The molecule has 2 rings (SSSR count). The van der Waals surface area contributed by atoms with Gasteiger partial charge in [-0.2, -0.15) is 0 Å². The van der Waals surface area contributed by atoms with Gasteiger partial charge in [0.05, 0.1) is 0 Å². The first-order valence-electron chi connectivity index (χ1n) is 8.03. The Hall–Kier alpha value is -0.910. The van der Waals surface area contributed by atoms with Crippen LogP contribution in [0.15, 0.2) is 28.7 Å². The van der Waals surface area contributed by atoms with Crippen LogP contribution in [0.2, 0.25) is 0 Å². The van der Waals surface area contributed by atoms with Crippen LogP contribution < -0.4 is 5.32 Å². The fraction of sp³-hybridized carbons (Fsp3) is 0.588. The molecule has 1 N–H and O–H groups in total. The molecule has 0 spiro atoms. The first-order valence-corrected chi connectivity index (χ1v) is 8.82. The second-order valence-electron chi connectivity index (χ2n) is 6.34. The molecule has 122 valence electrons. The summed E-state index contributed by atoms with van der Waals surface area (Å²) in [5, 5.41) is 2.95. The second-order valence-corrected chi connectivity index (χ2v) is 7.26. The van der Waals surface area contributed by atoms with Crippen LogP contribution in [0.4, 0.5) is 5.69 Å². The number of halogens is 1. The van der Waals surface area contributed by atoms with Gasteiger partial charge in [0.2, 0.25) is 5.91 Å². The zero-order chi connectivity index (χ0) is 15.9. The summed E-state index contributed by atoms with van der Waals surface area (Å²) in [7, 11) is 0. The molecule has 1 fully saturated rings. The highest BCUT2D eigenvalue weighted by atomic mass is 79.9. The topological polar surface area (TPSA) is 35.6 Å². The highest BCUT2D eigenvalue weighted by molar-refractivity contribution is 9.10. The summed E-state index contributed by atoms with van der Waals surface area (Å²) in [5.41, 5.74) is 0.856. The molecule has 0 atom stereocenters. The van der Waals surface area contributed by atoms with Crippen molar-refractivity contribution < 1.29 is 4.79 Å². The van der Waals surface area contributed by atoms with E-state index < -0.39 is 0 Å². The van der Waals surface area contributed by atoms with Crippen LogP contribution in [-0.4, -0.2) is 55.0 Å². The Balaban J connectivity index is 1.66. The SMILES string of the molecule is CC(C)CN1CCN(CCC(=O)Nc2ccc(Br)cc2)CC1. The van der Waals surface area contributed by atoms with Gasteiger partial charge < -0.3 is 15.1 Å². The van der Waals surface area contributed by atoms with Crippen LogP contribution in [0.5, 0.6) is 0 Å². The average Bonchev–Trinajstić information content (AvgIpc) is 2.48. The smallest absolute Gasteiger partial charge is 0.225 e. The Labute approximate surface area is 142 Å². The van der Waals surface area contributed by atoms with E-state index in [4.69, 9.17) is 0 Å². The molecule has 4 nitrogen and oxygen atoms in total. The van der Waals surface area contributed by atoms with Crippen LogP contribution >= 0.6 is 15.9 Å². The number of nitrogens with one attached hydrogen (secondary N) is 1. The number of rotatable bonds is 6. The maximum Gasteiger partial charge on any atom is 0.225 e. The normalized spacial score (nSPS) is 16.9. The van der Waals surface area contributed by atoms with Crippen molar-refractivity contribution in [3.8, 4) is 0 Å². The van der Waals surface area contributed by atoms with Gasteiger partial charge in [0.1, 0.15) is 0 Å². The van der Waals surface area contributed by atoms with Crippen molar-refractivity contribution in [1.82, 2.24) is 9.80 Å². The van der Waals surface area contributed by atoms with Gasteiger partial charge in [-0.05, 0) is 30.2 Å². The van der Waals surface area contributed by atoms with E-state index in [1.165, 1.54) is 6.54 Å². The van der Waals surface area contributed by atoms with E-state index >= 15 is 0 Å². The van der Waals surface area contributed by atoms with Gasteiger partial charge in [0, 0.05) is 55.8 Å². The van der Waals surface area contributed by atoms with Crippen molar-refractivity contribution in [2.75, 3.05) is 44.6 Å². The summed E-state index contributed by atoms with van der Waals surface area (Å²) in [6.45, 7) is 10.9. The molecule has 22 heavy (non-hydrogen) atoms. The van der Waals surface area contributed by atoms with Crippen molar-refractivity contribution in [3.05, 3.63) is 28.7 Å².